The lowest BCUT2D eigenvalue weighted by Gasteiger charge is -2.32. The van der Waals surface area contributed by atoms with Crippen molar-refractivity contribution >= 4 is 64.0 Å². The summed E-state index contributed by atoms with van der Waals surface area (Å²) in [6.45, 7) is 1.09. The van der Waals surface area contributed by atoms with Crippen molar-refractivity contribution < 1.29 is 18.7 Å². The first-order valence-electron chi connectivity index (χ1n) is 12.8. The molecular weight excluding hydrogens is 550 g/mol. The molecule has 5 rings (SSSR count). The minimum absolute atomic E-state index is 0.0415. The molecule has 14 heteroatoms. The van der Waals surface area contributed by atoms with Crippen molar-refractivity contribution in [2.75, 3.05) is 30.8 Å². The second-order valence-electron chi connectivity index (χ2n) is 9.88. The van der Waals surface area contributed by atoms with Gasteiger partial charge in [0.1, 0.15) is 11.3 Å². The van der Waals surface area contributed by atoms with E-state index in [1.54, 1.807) is 11.1 Å². The van der Waals surface area contributed by atoms with Gasteiger partial charge in [0.05, 0.1) is 24.0 Å². The summed E-state index contributed by atoms with van der Waals surface area (Å²) >= 11 is 12.3. The number of halogens is 3. The van der Waals surface area contributed by atoms with Crippen LogP contribution in [-0.2, 0) is 9.53 Å². The molecule has 3 aromatic rings. The van der Waals surface area contributed by atoms with Crippen LogP contribution < -0.4 is 16.4 Å². The van der Waals surface area contributed by atoms with Crippen LogP contribution in [0.2, 0.25) is 10.0 Å². The third-order valence-electron chi connectivity index (χ3n) is 7.33. The Hall–Kier alpha value is -3.38. The smallest absolute Gasteiger partial charge is 0.409 e. The standard InChI is InChI=1S/C25H29Cl2FN8O3/c1-39-25(38)35-8-2-3-15(12-35)31-23-30-11-19-22(34-23)36(16-6-4-13(5-7-16)21(29)37)24(32-19)33-20-17(27)9-14(26)10-18(20)28/h9-11,13,15-16H,2-8,12H2,1H3,(H2,29,37)(H,32,33)(H,30,31,34)/t13-,15-,16+/m1/s1. The topological polar surface area (TPSA) is 140 Å². The molecule has 1 aliphatic heterocycles. The Bertz CT molecular complexity index is 1370. The summed E-state index contributed by atoms with van der Waals surface area (Å²) in [5.74, 6) is -0.388. The number of ether oxygens (including phenoxy) is 1. The van der Waals surface area contributed by atoms with Gasteiger partial charge < -0.3 is 26.0 Å². The van der Waals surface area contributed by atoms with E-state index in [-0.39, 0.29) is 45.7 Å². The maximum absolute atomic E-state index is 14.8. The van der Waals surface area contributed by atoms with Crippen LogP contribution in [0.15, 0.2) is 18.3 Å². The number of piperidine rings is 1. The number of carbonyl (C=O) groups is 2. The summed E-state index contributed by atoms with van der Waals surface area (Å²) in [6, 6.07) is 2.49. The average molecular weight is 579 g/mol. The van der Waals surface area contributed by atoms with Gasteiger partial charge in [0.25, 0.3) is 0 Å². The van der Waals surface area contributed by atoms with Crippen molar-refractivity contribution in [2.24, 2.45) is 11.7 Å². The zero-order valence-corrected chi connectivity index (χ0v) is 22.8. The normalized spacial score (nSPS) is 21.5. The monoisotopic (exact) mass is 578 g/mol. The number of likely N-dealkylation sites (tertiary alicyclic amines) is 1. The Balaban J connectivity index is 1.48. The first kappa shape index (κ1) is 27.2. The zero-order chi connectivity index (χ0) is 27.7. The number of nitrogens with zero attached hydrogens (tertiary/aromatic N) is 5. The fourth-order valence-electron chi connectivity index (χ4n) is 5.36. The largest absolute Gasteiger partial charge is 0.453 e. The molecule has 1 atom stereocenters. The van der Waals surface area contributed by atoms with Crippen molar-refractivity contribution in [3.05, 3.63) is 34.2 Å². The molecule has 4 N–H and O–H groups in total. The lowest BCUT2D eigenvalue weighted by molar-refractivity contribution is -0.122. The van der Waals surface area contributed by atoms with Crippen LogP contribution in [0.3, 0.4) is 0 Å². The number of imidazole rings is 1. The van der Waals surface area contributed by atoms with Crippen molar-refractivity contribution in [3.63, 3.8) is 0 Å². The summed E-state index contributed by atoms with van der Waals surface area (Å²) in [6.07, 6.45) is 5.45. The van der Waals surface area contributed by atoms with E-state index in [1.165, 1.54) is 19.2 Å². The van der Waals surface area contributed by atoms with E-state index in [9.17, 15) is 14.0 Å². The van der Waals surface area contributed by atoms with Gasteiger partial charge in [-0.2, -0.15) is 4.98 Å². The number of hydrogen-bond acceptors (Lipinski definition) is 8. The van der Waals surface area contributed by atoms with E-state index in [0.29, 0.717) is 61.8 Å². The maximum atomic E-state index is 14.8. The molecule has 0 unspecified atom stereocenters. The zero-order valence-electron chi connectivity index (χ0n) is 21.3. The first-order chi connectivity index (χ1) is 18.7. The number of rotatable bonds is 6. The van der Waals surface area contributed by atoms with Gasteiger partial charge in [-0.3, -0.25) is 9.36 Å². The lowest BCUT2D eigenvalue weighted by Crippen LogP contribution is -2.45. The Morgan fingerprint density at radius 2 is 1.92 bits per heavy atom. The van der Waals surface area contributed by atoms with Crippen LogP contribution in [0.25, 0.3) is 11.2 Å². The minimum Gasteiger partial charge on any atom is -0.453 e. The van der Waals surface area contributed by atoms with Gasteiger partial charge in [0, 0.05) is 36.1 Å². The predicted molar refractivity (Wildman–Crippen MR) is 146 cm³/mol. The summed E-state index contributed by atoms with van der Waals surface area (Å²) < 4.78 is 21.6. The van der Waals surface area contributed by atoms with E-state index < -0.39 is 5.82 Å². The number of primary amides is 1. The molecule has 0 radical (unpaired) electrons. The summed E-state index contributed by atoms with van der Waals surface area (Å²) in [7, 11) is 1.36. The van der Waals surface area contributed by atoms with Crippen LogP contribution in [0.5, 0.6) is 0 Å². The number of anilines is 3. The molecule has 1 saturated heterocycles. The number of amides is 2. The SMILES string of the molecule is COC(=O)N1CCC[C@@H](Nc2ncc3nc(Nc4c(F)cc(Cl)cc4Cl)n([C@H]4CC[C@@H](C(N)=O)CC4)c3n2)C1. The van der Waals surface area contributed by atoms with Crippen LogP contribution in [-0.4, -0.2) is 62.7 Å². The molecule has 0 bridgehead atoms. The molecule has 2 fully saturated rings. The van der Waals surface area contributed by atoms with E-state index >= 15 is 0 Å². The van der Waals surface area contributed by atoms with Gasteiger partial charge in [-0.05, 0) is 50.7 Å². The van der Waals surface area contributed by atoms with E-state index in [0.717, 1.165) is 12.8 Å². The second-order valence-corrected chi connectivity index (χ2v) is 10.7. The van der Waals surface area contributed by atoms with Gasteiger partial charge in [-0.15, -0.1) is 0 Å². The molecule has 2 amide bonds. The number of nitrogens with two attached hydrogens (primary N) is 1. The number of hydrogen-bond donors (Lipinski definition) is 3. The van der Waals surface area contributed by atoms with Crippen LogP contribution in [0.1, 0.15) is 44.6 Å². The number of methoxy groups -OCH3 is 1. The average Bonchev–Trinajstić information content (AvgIpc) is 3.27. The summed E-state index contributed by atoms with van der Waals surface area (Å²) in [5, 5.41) is 6.64. The molecule has 1 aliphatic carbocycles. The molecule has 208 valence electrons. The van der Waals surface area contributed by atoms with Crippen molar-refractivity contribution in [2.45, 2.75) is 50.6 Å². The Morgan fingerprint density at radius 1 is 1.15 bits per heavy atom. The molecule has 39 heavy (non-hydrogen) atoms. The molecule has 1 saturated carbocycles. The van der Waals surface area contributed by atoms with Gasteiger partial charge in [0.2, 0.25) is 17.8 Å². The molecule has 11 nitrogen and oxygen atoms in total. The quantitative estimate of drug-likeness (QED) is 0.376. The number of benzene rings is 1. The van der Waals surface area contributed by atoms with Gasteiger partial charge in [0.15, 0.2) is 5.65 Å². The Morgan fingerprint density at radius 3 is 2.62 bits per heavy atom. The fourth-order valence-corrected chi connectivity index (χ4v) is 5.87. The number of nitrogens with one attached hydrogen (secondary N) is 2. The van der Waals surface area contributed by atoms with Gasteiger partial charge in [-0.25, -0.2) is 19.2 Å². The summed E-state index contributed by atoms with van der Waals surface area (Å²) in [5.41, 5.74) is 6.64. The van der Waals surface area contributed by atoms with Crippen LogP contribution in [0, 0.1) is 11.7 Å². The lowest BCUT2D eigenvalue weighted by atomic mass is 9.85. The van der Waals surface area contributed by atoms with Crippen LogP contribution in [0.4, 0.5) is 26.8 Å². The van der Waals surface area contributed by atoms with Gasteiger partial charge >= 0.3 is 6.09 Å². The number of carbonyl (C=O) groups excluding carboxylic acids is 2. The van der Waals surface area contributed by atoms with E-state index in [4.69, 9.17) is 38.7 Å². The second kappa shape index (κ2) is 11.4. The Kier molecular flexibility index (Phi) is 7.94. The first-order valence-corrected chi connectivity index (χ1v) is 13.5. The van der Waals surface area contributed by atoms with Crippen LogP contribution >= 0.6 is 23.2 Å². The van der Waals surface area contributed by atoms with Crippen molar-refractivity contribution in [1.82, 2.24) is 24.4 Å². The van der Waals surface area contributed by atoms with Crippen molar-refractivity contribution in [1.29, 1.82) is 0 Å². The predicted octanol–water partition coefficient (Wildman–Crippen LogP) is 4.88. The Labute approximate surface area is 234 Å². The molecule has 3 heterocycles. The molecular formula is C25H29Cl2FN8O3. The highest BCUT2D eigenvalue weighted by molar-refractivity contribution is 6.36. The van der Waals surface area contributed by atoms with Crippen molar-refractivity contribution in [3.8, 4) is 0 Å². The number of fused-ring (bicyclic) bond motifs is 1. The minimum atomic E-state index is -0.621. The molecule has 2 aliphatic rings. The van der Waals surface area contributed by atoms with E-state index in [1.807, 2.05) is 4.57 Å². The highest BCUT2D eigenvalue weighted by atomic mass is 35.5. The number of aromatic nitrogens is 4. The third kappa shape index (κ3) is 5.81. The maximum Gasteiger partial charge on any atom is 0.409 e. The van der Waals surface area contributed by atoms with Gasteiger partial charge in [-0.1, -0.05) is 23.2 Å². The highest BCUT2D eigenvalue weighted by Gasteiger charge is 2.30. The third-order valence-corrected chi connectivity index (χ3v) is 7.84. The molecule has 0 spiro atoms. The fraction of sp³-hybridized carbons (Fsp3) is 0.480. The molecule has 2 aromatic heterocycles. The van der Waals surface area contributed by atoms with E-state index in [2.05, 4.69) is 20.6 Å². The highest BCUT2D eigenvalue weighted by Crippen LogP contribution is 2.38. The summed E-state index contributed by atoms with van der Waals surface area (Å²) in [4.78, 5) is 39.3. The molecule has 1 aromatic carbocycles.